The second kappa shape index (κ2) is 12.2. The number of hydrogen-bond acceptors (Lipinski definition) is 5. The van der Waals surface area contributed by atoms with Crippen molar-refractivity contribution in [1.29, 1.82) is 0 Å². The molecule has 2 heterocycles. The molecule has 0 aliphatic carbocycles. The lowest BCUT2D eigenvalue weighted by molar-refractivity contribution is -0.137. The van der Waals surface area contributed by atoms with Crippen molar-refractivity contribution in [2.75, 3.05) is 28.5 Å². The van der Waals surface area contributed by atoms with Gasteiger partial charge in [0.25, 0.3) is 0 Å². The Labute approximate surface area is 260 Å². The van der Waals surface area contributed by atoms with Gasteiger partial charge in [0.2, 0.25) is 15.9 Å². The minimum Gasteiger partial charge on any atom is -0.486 e. The fraction of sp³-hybridized carbons (Fsp3) is 0.531. The van der Waals surface area contributed by atoms with Crippen LogP contribution in [-0.2, 0) is 31.8 Å². The van der Waals surface area contributed by atoms with Gasteiger partial charge in [0.05, 0.1) is 30.2 Å². The maximum absolute atomic E-state index is 13.5. The Morgan fingerprint density at radius 3 is 2.43 bits per heavy atom. The van der Waals surface area contributed by atoms with Crippen LogP contribution < -0.4 is 14.4 Å². The molecule has 44 heavy (non-hydrogen) atoms. The summed E-state index contributed by atoms with van der Waals surface area (Å²) in [6.07, 6.45) is -1.42. The number of nitrogens with one attached hydrogen (secondary N) is 1. The summed E-state index contributed by atoms with van der Waals surface area (Å²) in [6, 6.07) is 8.51. The van der Waals surface area contributed by atoms with E-state index in [-0.39, 0.29) is 36.1 Å². The number of carbonyl (C=O) groups excluding carboxylic acids is 1. The highest BCUT2D eigenvalue weighted by atomic mass is 32.2. The zero-order valence-corrected chi connectivity index (χ0v) is 28.3. The highest BCUT2D eigenvalue weighted by molar-refractivity contribution is 7.92. The minimum absolute atomic E-state index is 0.0167. The Balaban J connectivity index is 1.62. The van der Waals surface area contributed by atoms with Gasteiger partial charge in [-0.05, 0) is 67.2 Å². The monoisotopic (exact) mass is 652 g/mol. The molecular weight excluding hydrogens is 610 g/mol. The van der Waals surface area contributed by atoms with E-state index in [4.69, 9.17) is 9.16 Å². The summed E-state index contributed by atoms with van der Waals surface area (Å²) in [5.41, 5.74) is 1.18. The van der Waals surface area contributed by atoms with Crippen molar-refractivity contribution in [3.8, 4) is 5.75 Å². The molecule has 7 nitrogen and oxygen atoms in total. The number of nitrogens with zero attached hydrogens (tertiary/aromatic N) is 1. The summed E-state index contributed by atoms with van der Waals surface area (Å²) < 4.78 is 80.4. The standard InChI is InChI=1S/C32H43F3N2O5SSi/c1-8-31(9-2)21-22(24-14-13-23(32(33,34)35)20-28(24)42-31)19-29(38)36-26-11-10-12-27-25(26)15-18-43(39,40)37(27)16-17-41-44(6,7)30(3,4)5/h10-14,19-20H,8-9,15-18,21H2,1-7H3,(H,36,38). The predicted molar refractivity (Wildman–Crippen MR) is 171 cm³/mol. The first-order valence-electron chi connectivity index (χ1n) is 15.0. The van der Waals surface area contributed by atoms with E-state index in [1.807, 2.05) is 13.8 Å². The zero-order valence-electron chi connectivity index (χ0n) is 26.5. The van der Waals surface area contributed by atoms with Crippen molar-refractivity contribution in [1.82, 2.24) is 0 Å². The number of halogens is 3. The summed E-state index contributed by atoms with van der Waals surface area (Å²) in [4.78, 5) is 13.4. The minimum atomic E-state index is -4.52. The number of carbonyl (C=O) groups is 1. The van der Waals surface area contributed by atoms with Gasteiger partial charge in [-0.2, -0.15) is 13.2 Å². The highest BCUT2D eigenvalue weighted by Gasteiger charge is 2.40. The molecule has 1 N–H and O–H groups in total. The molecule has 2 aromatic carbocycles. The summed E-state index contributed by atoms with van der Waals surface area (Å²) in [5.74, 6) is -0.453. The fourth-order valence-electron chi connectivity index (χ4n) is 5.40. The Morgan fingerprint density at radius 1 is 1.14 bits per heavy atom. The number of anilines is 2. The zero-order chi connectivity index (χ0) is 32.7. The van der Waals surface area contributed by atoms with Gasteiger partial charge in [0.15, 0.2) is 8.32 Å². The van der Waals surface area contributed by atoms with Crippen molar-refractivity contribution in [2.24, 2.45) is 0 Å². The van der Waals surface area contributed by atoms with E-state index in [0.29, 0.717) is 47.3 Å². The van der Waals surface area contributed by atoms with Crippen LogP contribution in [0.4, 0.5) is 24.5 Å². The number of ether oxygens (including phenoxy) is 1. The number of amides is 1. The number of benzene rings is 2. The third kappa shape index (κ3) is 7.02. The van der Waals surface area contributed by atoms with Gasteiger partial charge in [-0.25, -0.2) is 8.42 Å². The quantitative estimate of drug-likeness (QED) is 0.233. The van der Waals surface area contributed by atoms with Crippen molar-refractivity contribution >= 4 is 41.2 Å². The molecule has 2 aliphatic rings. The first-order valence-corrected chi connectivity index (χ1v) is 19.5. The van der Waals surface area contributed by atoms with Crippen LogP contribution in [0.2, 0.25) is 18.1 Å². The molecule has 0 radical (unpaired) electrons. The van der Waals surface area contributed by atoms with E-state index in [2.05, 4.69) is 39.2 Å². The van der Waals surface area contributed by atoms with Gasteiger partial charge in [-0.15, -0.1) is 0 Å². The Morgan fingerprint density at radius 2 is 1.82 bits per heavy atom. The third-order valence-corrected chi connectivity index (χ3v) is 15.6. The molecule has 2 aliphatic heterocycles. The van der Waals surface area contributed by atoms with E-state index in [1.54, 1.807) is 18.2 Å². The summed E-state index contributed by atoms with van der Waals surface area (Å²) in [6.45, 7) is 14.8. The van der Waals surface area contributed by atoms with Gasteiger partial charge in [-0.1, -0.05) is 46.8 Å². The highest BCUT2D eigenvalue weighted by Crippen LogP contribution is 2.46. The molecule has 0 spiro atoms. The van der Waals surface area contributed by atoms with Crippen LogP contribution in [0.5, 0.6) is 5.75 Å². The van der Waals surface area contributed by atoms with Crippen LogP contribution in [0.3, 0.4) is 0 Å². The first kappa shape index (κ1) is 34.0. The molecule has 0 saturated heterocycles. The summed E-state index contributed by atoms with van der Waals surface area (Å²) in [7, 11) is -5.66. The maximum Gasteiger partial charge on any atom is 0.416 e. The molecule has 0 fully saturated rings. The van der Waals surface area contributed by atoms with Crippen LogP contribution in [0.1, 0.15) is 70.6 Å². The van der Waals surface area contributed by atoms with E-state index in [0.717, 1.165) is 12.1 Å². The van der Waals surface area contributed by atoms with E-state index in [1.165, 1.54) is 16.4 Å². The molecule has 0 bridgehead atoms. The molecule has 0 unspecified atom stereocenters. The van der Waals surface area contributed by atoms with Gasteiger partial charge >= 0.3 is 6.18 Å². The Kier molecular flexibility index (Phi) is 9.41. The molecule has 242 valence electrons. The van der Waals surface area contributed by atoms with Crippen molar-refractivity contribution in [2.45, 2.75) is 90.2 Å². The topological polar surface area (TPSA) is 84.9 Å². The molecular formula is C32H43F3N2O5SSi. The predicted octanol–water partition coefficient (Wildman–Crippen LogP) is 7.78. The average Bonchev–Trinajstić information content (AvgIpc) is 2.92. The Bertz CT molecular complexity index is 1540. The van der Waals surface area contributed by atoms with Crippen molar-refractivity contribution in [3.63, 3.8) is 0 Å². The van der Waals surface area contributed by atoms with Gasteiger partial charge in [0, 0.05) is 29.3 Å². The smallest absolute Gasteiger partial charge is 0.416 e. The second-order valence-corrected chi connectivity index (χ2v) is 19.9. The van der Waals surface area contributed by atoms with Gasteiger partial charge < -0.3 is 14.5 Å². The molecule has 2 aromatic rings. The van der Waals surface area contributed by atoms with Gasteiger partial charge in [-0.3, -0.25) is 9.10 Å². The molecule has 1 amide bonds. The molecule has 0 atom stereocenters. The number of fused-ring (bicyclic) bond motifs is 2. The van der Waals surface area contributed by atoms with Crippen LogP contribution in [0.15, 0.2) is 42.5 Å². The van der Waals surface area contributed by atoms with E-state index < -0.39 is 41.6 Å². The maximum atomic E-state index is 13.5. The molecule has 12 heteroatoms. The van der Waals surface area contributed by atoms with Crippen LogP contribution in [0, 0.1) is 0 Å². The lowest BCUT2D eigenvalue weighted by atomic mass is 9.83. The SMILES string of the molecule is CCC1(CC)CC(=CC(=O)Nc2cccc3c2CCS(=O)(=O)N3CCO[Si](C)(C)C(C)(C)C)c2ccc(C(F)(F)F)cc2O1. The molecule has 0 saturated carbocycles. The largest absolute Gasteiger partial charge is 0.486 e. The Hall–Kier alpha value is -2.83. The summed E-state index contributed by atoms with van der Waals surface area (Å²) in [5, 5.41) is 2.90. The molecule has 0 aromatic heterocycles. The normalized spacial score (nSPS) is 18.8. The lowest BCUT2D eigenvalue weighted by Crippen LogP contribution is -2.45. The fourth-order valence-corrected chi connectivity index (χ4v) is 7.94. The molecule has 4 rings (SSSR count). The summed E-state index contributed by atoms with van der Waals surface area (Å²) >= 11 is 0. The van der Waals surface area contributed by atoms with E-state index >= 15 is 0 Å². The van der Waals surface area contributed by atoms with Crippen molar-refractivity contribution in [3.05, 3.63) is 59.2 Å². The average molecular weight is 653 g/mol. The van der Waals surface area contributed by atoms with Crippen LogP contribution >= 0.6 is 0 Å². The van der Waals surface area contributed by atoms with Gasteiger partial charge in [0.1, 0.15) is 11.4 Å². The van der Waals surface area contributed by atoms with E-state index in [9.17, 15) is 26.4 Å². The third-order valence-electron chi connectivity index (χ3n) is 9.28. The number of rotatable bonds is 8. The number of sulfonamides is 1. The lowest BCUT2D eigenvalue weighted by Gasteiger charge is -2.39. The first-order chi connectivity index (χ1) is 20.3. The van der Waals surface area contributed by atoms with Crippen molar-refractivity contribution < 1.29 is 35.5 Å². The number of alkyl halides is 3. The second-order valence-electron chi connectivity index (χ2n) is 13.1. The van der Waals surface area contributed by atoms with Crippen LogP contribution in [-0.4, -0.2) is 47.1 Å². The van der Waals surface area contributed by atoms with Crippen LogP contribution in [0.25, 0.3) is 5.57 Å². The number of hydrogen-bond donors (Lipinski definition) is 1.